The lowest BCUT2D eigenvalue weighted by Gasteiger charge is -2.50. The lowest BCUT2D eigenvalue weighted by molar-refractivity contribution is -0.125. The van der Waals surface area contributed by atoms with Crippen LogP contribution in [0.5, 0.6) is 5.75 Å². The maximum absolute atomic E-state index is 13.4. The Bertz CT molecular complexity index is 1520. The van der Waals surface area contributed by atoms with Crippen LogP contribution >= 0.6 is 11.6 Å². The first kappa shape index (κ1) is 31.6. The average Bonchev–Trinajstić information content (AvgIpc) is 3.11. The number of aryl methyl sites for hydroxylation is 1. The molecule has 0 radical (unpaired) electrons. The Hall–Kier alpha value is -2.33. The molecule has 2 aliphatic carbocycles. The highest BCUT2D eigenvalue weighted by molar-refractivity contribution is 7.90. The highest BCUT2D eigenvalue weighted by atomic mass is 35.5. The fraction of sp³-hybridized carbons (Fsp3) is 0.618. The highest BCUT2D eigenvalue weighted by Crippen LogP contribution is 2.49. The number of hydrogen-bond donors (Lipinski definition) is 2. The number of rotatable bonds is 2. The summed E-state index contributed by atoms with van der Waals surface area (Å²) in [5.41, 5.74) is 2.28. The molecule has 240 valence electrons. The summed E-state index contributed by atoms with van der Waals surface area (Å²) in [5.74, 6) is 0.130. The second kappa shape index (κ2) is 12.1. The molecule has 8 nitrogen and oxygen atoms in total. The zero-order valence-corrected chi connectivity index (χ0v) is 27.6. The molecule has 2 N–H and O–H groups in total. The monoisotopic (exact) mass is 644 g/mol. The van der Waals surface area contributed by atoms with E-state index < -0.39 is 26.8 Å². The van der Waals surface area contributed by atoms with Crippen molar-refractivity contribution < 1.29 is 27.8 Å². The number of methoxy groups -OCH3 is 1. The Morgan fingerprint density at radius 1 is 1.11 bits per heavy atom. The van der Waals surface area contributed by atoms with Crippen LogP contribution in [0, 0.1) is 17.8 Å². The number of nitrogens with one attached hydrogen (secondary N) is 1. The molecule has 1 amide bonds. The lowest BCUT2D eigenvalue weighted by atomic mass is 9.63. The molecule has 0 aromatic heterocycles. The summed E-state index contributed by atoms with van der Waals surface area (Å²) in [6.07, 6.45) is 6.67. The third-order valence-electron chi connectivity index (χ3n) is 11.1. The van der Waals surface area contributed by atoms with Crippen LogP contribution in [0.1, 0.15) is 80.3 Å². The van der Waals surface area contributed by atoms with Crippen molar-refractivity contribution in [1.29, 1.82) is 0 Å². The topological polar surface area (TPSA) is 105 Å². The molecule has 6 rings (SSSR count). The minimum absolute atomic E-state index is 0.0549. The van der Waals surface area contributed by atoms with Gasteiger partial charge in [-0.2, -0.15) is 0 Å². The van der Waals surface area contributed by atoms with Gasteiger partial charge < -0.3 is 19.5 Å². The number of ether oxygens (including phenoxy) is 2. The van der Waals surface area contributed by atoms with E-state index >= 15 is 0 Å². The minimum atomic E-state index is -3.93. The fourth-order valence-corrected chi connectivity index (χ4v) is 9.70. The first-order valence-corrected chi connectivity index (χ1v) is 18.0. The Labute approximate surface area is 266 Å². The third-order valence-corrected chi connectivity index (χ3v) is 13.2. The first-order chi connectivity index (χ1) is 20.9. The molecular weight excluding hydrogens is 600 g/mol. The SMILES string of the molecule is COC[C@]1(O)CCC[C@H](C)[C@@H](C)S(=O)(=O)NC(=O)c2ccc3c(c2)N(C[C@@H]2CC[C@H]21)C[C@@]1(CCCc2cc(Cl)ccc21)CO3. The van der Waals surface area contributed by atoms with Crippen LogP contribution in [0.3, 0.4) is 0 Å². The van der Waals surface area contributed by atoms with Crippen LogP contribution in [0.2, 0.25) is 5.02 Å². The van der Waals surface area contributed by atoms with Crippen molar-refractivity contribution in [2.45, 2.75) is 81.5 Å². The summed E-state index contributed by atoms with van der Waals surface area (Å²) < 4.78 is 41.1. The van der Waals surface area contributed by atoms with Gasteiger partial charge in [-0.15, -0.1) is 0 Å². The number of benzene rings is 2. The van der Waals surface area contributed by atoms with Gasteiger partial charge >= 0.3 is 0 Å². The van der Waals surface area contributed by atoms with E-state index in [1.807, 2.05) is 13.0 Å². The smallest absolute Gasteiger partial charge is 0.264 e. The van der Waals surface area contributed by atoms with Crippen LogP contribution in [-0.2, 0) is 26.6 Å². The molecule has 44 heavy (non-hydrogen) atoms. The van der Waals surface area contributed by atoms with E-state index in [4.69, 9.17) is 21.1 Å². The van der Waals surface area contributed by atoms with Gasteiger partial charge in [0.05, 0.1) is 29.8 Å². The second-order valence-electron chi connectivity index (χ2n) is 13.8. The van der Waals surface area contributed by atoms with E-state index in [2.05, 4.69) is 21.8 Å². The number of carbonyl (C=O) groups excluding carboxylic acids is 1. The number of carbonyl (C=O) groups is 1. The normalized spacial score (nSPS) is 33.7. The molecule has 1 spiro atoms. The van der Waals surface area contributed by atoms with E-state index in [1.165, 1.54) is 11.1 Å². The summed E-state index contributed by atoms with van der Waals surface area (Å²) >= 11 is 6.41. The van der Waals surface area contributed by atoms with Crippen LogP contribution in [0.4, 0.5) is 5.69 Å². The number of amides is 1. The zero-order valence-electron chi connectivity index (χ0n) is 26.0. The first-order valence-electron chi connectivity index (χ1n) is 16.0. The number of anilines is 1. The van der Waals surface area contributed by atoms with E-state index in [0.717, 1.165) is 42.8 Å². The predicted octanol–water partition coefficient (Wildman–Crippen LogP) is 5.48. The molecule has 1 fully saturated rings. The summed E-state index contributed by atoms with van der Waals surface area (Å²) in [4.78, 5) is 15.7. The Kier molecular flexibility index (Phi) is 8.72. The average molecular weight is 645 g/mol. The van der Waals surface area contributed by atoms with Crippen LogP contribution in [-0.4, -0.2) is 63.7 Å². The van der Waals surface area contributed by atoms with Crippen LogP contribution in [0.25, 0.3) is 0 Å². The number of fused-ring (bicyclic) bond motifs is 4. The summed E-state index contributed by atoms with van der Waals surface area (Å²) in [5, 5.41) is 12.0. The molecule has 2 bridgehead atoms. The quantitative estimate of drug-likeness (QED) is 0.446. The van der Waals surface area contributed by atoms with Crippen molar-refractivity contribution in [2.75, 3.05) is 38.3 Å². The predicted molar refractivity (Wildman–Crippen MR) is 172 cm³/mol. The van der Waals surface area contributed by atoms with Crippen LogP contribution in [0.15, 0.2) is 36.4 Å². The minimum Gasteiger partial charge on any atom is -0.490 e. The van der Waals surface area contributed by atoms with Crippen molar-refractivity contribution >= 4 is 33.2 Å². The number of nitrogens with zero attached hydrogens (tertiary/aromatic N) is 1. The molecule has 2 heterocycles. The lowest BCUT2D eigenvalue weighted by Crippen LogP contribution is -2.54. The molecular formula is C34H45ClN2O6S. The van der Waals surface area contributed by atoms with E-state index in [0.29, 0.717) is 44.7 Å². The largest absolute Gasteiger partial charge is 0.490 e. The van der Waals surface area contributed by atoms with Crippen LogP contribution < -0.4 is 14.4 Å². The van der Waals surface area contributed by atoms with Crippen molar-refractivity contribution in [1.82, 2.24) is 4.72 Å². The highest BCUT2D eigenvalue weighted by Gasteiger charge is 2.49. The molecule has 6 atom stereocenters. The third kappa shape index (κ3) is 5.85. The number of aliphatic hydroxyl groups is 1. The molecule has 1 saturated carbocycles. The number of hydrogen-bond acceptors (Lipinski definition) is 7. The van der Waals surface area contributed by atoms with Gasteiger partial charge in [0, 0.05) is 36.2 Å². The Morgan fingerprint density at radius 3 is 2.68 bits per heavy atom. The van der Waals surface area contributed by atoms with Gasteiger partial charge in [0.15, 0.2) is 0 Å². The van der Waals surface area contributed by atoms with Gasteiger partial charge in [-0.05, 0) is 111 Å². The van der Waals surface area contributed by atoms with Gasteiger partial charge in [-0.3, -0.25) is 4.79 Å². The van der Waals surface area contributed by atoms with Crippen molar-refractivity contribution in [2.24, 2.45) is 17.8 Å². The molecule has 2 aromatic rings. The summed E-state index contributed by atoms with van der Waals surface area (Å²) in [6, 6.07) is 11.4. The molecule has 10 heteroatoms. The van der Waals surface area contributed by atoms with E-state index in [1.54, 1.807) is 32.2 Å². The Morgan fingerprint density at radius 2 is 1.93 bits per heavy atom. The molecule has 0 unspecified atom stereocenters. The van der Waals surface area contributed by atoms with Crippen molar-refractivity contribution in [3.63, 3.8) is 0 Å². The number of halogens is 1. The van der Waals surface area contributed by atoms with Gasteiger partial charge in [-0.1, -0.05) is 31.0 Å². The van der Waals surface area contributed by atoms with Crippen molar-refractivity contribution in [3.05, 3.63) is 58.1 Å². The summed E-state index contributed by atoms with van der Waals surface area (Å²) in [7, 11) is -2.30. The zero-order chi connectivity index (χ0) is 31.3. The second-order valence-corrected chi connectivity index (χ2v) is 16.3. The number of sulfonamides is 1. The summed E-state index contributed by atoms with van der Waals surface area (Å²) in [6.45, 7) is 5.64. The maximum atomic E-state index is 13.4. The molecule has 2 aromatic carbocycles. The van der Waals surface area contributed by atoms with Gasteiger partial charge in [0.2, 0.25) is 10.0 Å². The van der Waals surface area contributed by atoms with Gasteiger partial charge in [-0.25, -0.2) is 13.1 Å². The molecule has 2 aliphatic heterocycles. The maximum Gasteiger partial charge on any atom is 0.264 e. The van der Waals surface area contributed by atoms with Gasteiger partial charge in [0.1, 0.15) is 5.75 Å². The fourth-order valence-electron chi connectivity index (χ4n) is 8.20. The van der Waals surface area contributed by atoms with E-state index in [-0.39, 0.29) is 35.3 Å². The molecule has 0 saturated heterocycles. The Balaban J connectivity index is 1.43. The standard InChI is InChI=1S/C34H45ClN2O6S/c1-22-6-4-15-34(39,21-42-3)29-11-8-26(29)18-37-19-33(14-5-7-24-16-27(35)10-12-28(24)33)20-43-31-13-9-25(17-30(31)37)32(38)36-44(40,41)23(22)2/h9-10,12-13,16-17,22-23,26,29,39H,4-8,11,14-15,18-21H2,1-3H3,(H,36,38)/t22-,23+,26-,29+,33-,34+/m0/s1. The molecule has 4 aliphatic rings. The van der Waals surface area contributed by atoms with E-state index in [9.17, 15) is 18.3 Å². The van der Waals surface area contributed by atoms with Crippen molar-refractivity contribution in [3.8, 4) is 5.75 Å². The van der Waals surface area contributed by atoms with Gasteiger partial charge in [0.25, 0.3) is 5.91 Å².